The number of ketones is 2. The molecule has 1 fully saturated rings. The van der Waals surface area contributed by atoms with Crippen LogP contribution in [0.2, 0.25) is 0 Å². The molecule has 0 unspecified atom stereocenters. The normalized spacial score (nSPS) is 13.9. The van der Waals surface area contributed by atoms with Crippen molar-refractivity contribution in [2.75, 3.05) is 13.1 Å². The summed E-state index contributed by atoms with van der Waals surface area (Å²) < 4.78 is 12.8. The number of carbonyl (C=O) groups excluding carboxylic acids is 3. The topological polar surface area (TPSA) is 54.5 Å². The Balaban J connectivity index is 0.000000215. The van der Waals surface area contributed by atoms with Crippen molar-refractivity contribution in [2.45, 2.75) is 40.0 Å². The Kier molecular flexibility index (Phi) is 8.66. The van der Waals surface area contributed by atoms with Crippen LogP contribution in [-0.2, 0) is 9.59 Å². The Morgan fingerprint density at radius 2 is 1.57 bits per heavy atom. The number of hydrogen-bond acceptors (Lipinski definition) is 3. The fraction of sp³-hybridized carbons (Fsp3) is 0.320. The molecule has 0 aromatic heterocycles. The summed E-state index contributed by atoms with van der Waals surface area (Å²) >= 11 is 0. The molecule has 1 heterocycles. The van der Waals surface area contributed by atoms with Crippen LogP contribution >= 0.6 is 0 Å². The van der Waals surface area contributed by atoms with E-state index in [1.807, 2.05) is 35.2 Å². The predicted octanol–water partition coefficient (Wildman–Crippen LogP) is 5.01. The lowest BCUT2D eigenvalue weighted by Crippen LogP contribution is -2.35. The lowest BCUT2D eigenvalue weighted by molar-refractivity contribution is -0.133. The first kappa shape index (κ1) is 23.2. The molecule has 1 aliphatic heterocycles. The fourth-order valence-corrected chi connectivity index (χ4v) is 3.24. The summed E-state index contributed by atoms with van der Waals surface area (Å²) in [6.45, 7) is 6.41. The molecule has 2 aromatic carbocycles. The highest BCUT2D eigenvalue weighted by atomic mass is 19.1. The summed E-state index contributed by atoms with van der Waals surface area (Å²) in [6, 6.07) is 13.8. The molecule has 0 atom stereocenters. The number of aryl methyl sites for hydroxylation is 1. The molecule has 0 radical (unpaired) electrons. The molecule has 0 saturated carbocycles. The van der Waals surface area contributed by atoms with Crippen LogP contribution in [0, 0.1) is 12.7 Å². The minimum Gasteiger partial charge on any atom is -0.339 e. The zero-order valence-corrected chi connectivity index (χ0v) is 17.8. The molecule has 0 aliphatic carbocycles. The summed E-state index contributed by atoms with van der Waals surface area (Å²) in [4.78, 5) is 36.1. The Morgan fingerprint density at radius 1 is 0.933 bits per heavy atom. The largest absolute Gasteiger partial charge is 0.339 e. The number of nitrogens with zero attached hydrogens (tertiary/aromatic N) is 1. The highest BCUT2D eigenvalue weighted by Gasteiger charge is 2.17. The summed E-state index contributed by atoms with van der Waals surface area (Å²) in [7, 11) is 0. The van der Waals surface area contributed by atoms with Crippen molar-refractivity contribution in [3.05, 3.63) is 76.6 Å². The molecule has 4 nitrogen and oxygen atoms in total. The van der Waals surface area contributed by atoms with Crippen LogP contribution < -0.4 is 0 Å². The third-order valence-electron chi connectivity index (χ3n) is 4.95. The highest BCUT2D eigenvalue weighted by Crippen LogP contribution is 2.15. The van der Waals surface area contributed by atoms with Gasteiger partial charge in [-0.15, -0.1) is 0 Å². The average molecular weight is 410 g/mol. The predicted molar refractivity (Wildman–Crippen MR) is 117 cm³/mol. The molecule has 2 aromatic rings. The number of rotatable bonds is 4. The number of halogens is 1. The van der Waals surface area contributed by atoms with Gasteiger partial charge in [0.15, 0.2) is 5.78 Å². The minimum absolute atomic E-state index is 0.185. The quantitative estimate of drug-likeness (QED) is 0.527. The van der Waals surface area contributed by atoms with Gasteiger partial charge in [0.05, 0.1) is 0 Å². The van der Waals surface area contributed by atoms with Crippen molar-refractivity contribution >= 4 is 23.5 Å². The summed E-state index contributed by atoms with van der Waals surface area (Å²) in [5.74, 6) is -1.13. The number of Topliss-reactive ketones (excluding diaryl/α,β-unsaturated/α-hetero) is 2. The van der Waals surface area contributed by atoms with Crippen LogP contribution in [0.15, 0.2) is 54.1 Å². The van der Waals surface area contributed by atoms with Gasteiger partial charge in [-0.2, -0.15) is 0 Å². The molecule has 158 valence electrons. The molecule has 1 saturated heterocycles. The Morgan fingerprint density at radius 3 is 2.13 bits per heavy atom. The van der Waals surface area contributed by atoms with Gasteiger partial charge in [-0.05, 0) is 74.6 Å². The van der Waals surface area contributed by atoms with E-state index < -0.39 is 11.6 Å². The zero-order valence-electron chi connectivity index (χ0n) is 17.8. The van der Waals surface area contributed by atoms with Gasteiger partial charge in [-0.1, -0.05) is 24.3 Å². The first-order chi connectivity index (χ1) is 14.3. The van der Waals surface area contributed by atoms with Crippen molar-refractivity contribution in [3.63, 3.8) is 0 Å². The maximum atomic E-state index is 12.8. The number of carbonyl (C=O) groups is 3. The first-order valence-electron chi connectivity index (χ1n) is 10.1. The molecule has 1 amide bonds. The molecule has 1 aliphatic rings. The van der Waals surface area contributed by atoms with E-state index in [1.54, 1.807) is 26.0 Å². The van der Waals surface area contributed by atoms with Crippen LogP contribution in [0.1, 0.15) is 54.6 Å². The number of piperidine rings is 1. The molecule has 0 N–H and O–H groups in total. The molecule has 0 bridgehead atoms. The average Bonchev–Trinajstić information content (AvgIpc) is 2.76. The maximum absolute atomic E-state index is 12.8. The number of allylic oxidation sites excluding steroid dienone is 1. The molecular formula is C25H28FNO3. The van der Waals surface area contributed by atoms with Crippen LogP contribution in [0.4, 0.5) is 4.39 Å². The Labute approximate surface area is 177 Å². The molecule has 30 heavy (non-hydrogen) atoms. The van der Waals surface area contributed by atoms with E-state index in [2.05, 4.69) is 0 Å². The van der Waals surface area contributed by atoms with Crippen molar-refractivity contribution < 1.29 is 18.8 Å². The van der Waals surface area contributed by atoms with Gasteiger partial charge in [0.1, 0.15) is 5.82 Å². The van der Waals surface area contributed by atoms with E-state index in [4.69, 9.17) is 0 Å². The Hall–Kier alpha value is -3.08. The summed E-state index contributed by atoms with van der Waals surface area (Å²) in [5, 5.41) is 0. The second-order valence-corrected chi connectivity index (χ2v) is 7.43. The van der Waals surface area contributed by atoms with E-state index in [1.165, 1.54) is 25.5 Å². The van der Waals surface area contributed by atoms with Crippen LogP contribution in [0.5, 0.6) is 0 Å². The summed E-state index contributed by atoms with van der Waals surface area (Å²) in [6.07, 6.45) is 5.16. The molecule has 0 spiro atoms. The van der Waals surface area contributed by atoms with Gasteiger partial charge < -0.3 is 4.90 Å². The van der Waals surface area contributed by atoms with Crippen molar-refractivity contribution in [1.82, 2.24) is 4.90 Å². The SMILES string of the molecule is CC(=O)C(=O)/C(C)=C/c1ccc(F)cc1C.O=C(c1ccccc1)N1CCCCC1. The second kappa shape index (κ2) is 11.2. The minimum atomic E-state index is -0.510. The number of amides is 1. The van der Waals surface area contributed by atoms with Gasteiger partial charge in [-0.25, -0.2) is 4.39 Å². The van der Waals surface area contributed by atoms with Gasteiger partial charge in [-0.3, -0.25) is 14.4 Å². The Bertz CT molecular complexity index is 929. The third-order valence-corrected chi connectivity index (χ3v) is 4.95. The lowest BCUT2D eigenvalue weighted by Gasteiger charge is -2.26. The van der Waals surface area contributed by atoms with Crippen LogP contribution in [-0.4, -0.2) is 35.5 Å². The van der Waals surface area contributed by atoms with Gasteiger partial charge in [0.25, 0.3) is 5.91 Å². The van der Waals surface area contributed by atoms with E-state index >= 15 is 0 Å². The smallest absolute Gasteiger partial charge is 0.253 e. The third kappa shape index (κ3) is 6.76. The van der Waals surface area contributed by atoms with E-state index in [-0.39, 0.29) is 11.7 Å². The zero-order chi connectivity index (χ0) is 22.1. The lowest BCUT2D eigenvalue weighted by atomic mass is 10.0. The van der Waals surface area contributed by atoms with Gasteiger partial charge in [0.2, 0.25) is 5.78 Å². The summed E-state index contributed by atoms with van der Waals surface area (Å²) in [5.41, 5.74) is 2.65. The van der Waals surface area contributed by atoms with Gasteiger partial charge >= 0.3 is 0 Å². The van der Waals surface area contributed by atoms with E-state index in [0.29, 0.717) is 5.57 Å². The number of benzene rings is 2. The van der Waals surface area contributed by atoms with Crippen molar-refractivity contribution in [2.24, 2.45) is 0 Å². The molecule has 5 heteroatoms. The van der Waals surface area contributed by atoms with Crippen LogP contribution in [0.25, 0.3) is 6.08 Å². The maximum Gasteiger partial charge on any atom is 0.253 e. The van der Waals surface area contributed by atoms with Crippen molar-refractivity contribution in [1.29, 1.82) is 0 Å². The number of hydrogen-bond donors (Lipinski definition) is 0. The number of likely N-dealkylation sites (tertiary alicyclic amines) is 1. The fourth-order valence-electron chi connectivity index (χ4n) is 3.24. The van der Waals surface area contributed by atoms with Crippen LogP contribution in [0.3, 0.4) is 0 Å². The monoisotopic (exact) mass is 409 g/mol. The van der Waals surface area contributed by atoms with E-state index in [9.17, 15) is 18.8 Å². The van der Waals surface area contributed by atoms with Gasteiger partial charge in [0, 0.05) is 31.1 Å². The standard InChI is InChI=1S/C13H13FO2.C12H15NO/c1-8-7-12(14)5-4-11(8)6-9(2)13(16)10(3)15;14-12(11-7-3-1-4-8-11)13-9-5-2-6-10-13/h4-7H,1-3H3;1,3-4,7-8H,2,5-6,9-10H2/b9-6+;. The molecular weight excluding hydrogens is 381 g/mol. The van der Waals surface area contributed by atoms with E-state index in [0.717, 1.165) is 42.6 Å². The first-order valence-corrected chi connectivity index (χ1v) is 10.1. The van der Waals surface area contributed by atoms with Crippen molar-refractivity contribution in [3.8, 4) is 0 Å². The highest BCUT2D eigenvalue weighted by molar-refractivity contribution is 6.43. The second-order valence-electron chi connectivity index (χ2n) is 7.43. The molecule has 3 rings (SSSR count).